The molecule has 1 N–H and O–H groups in total. The number of hydrogen-bond acceptors (Lipinski definition) is 4. The van der Waals surface area contributed by atoms with Crippen LogP contribution in [0.4, 0.5) is 0 Å². The van der Waals surface area contributed by atoms with Crippen molar-refractivity contribution in [2.24, 2.45) is 0 Å². The van der Waals surface area contributed by atoms with Gasteiger partial charge in [-0.2, -0.15) is 0 Å². The number of aromatic nitrogens is 3. The van der Waals surface area contributed by atoms with Gasteiger partial charge in [0.2, 0.25) is 0 Å². The third-order valence-corrected chi connectivity index (χ3v) is 2.40. The molecule has 0 aliphatic carbocycles. The zero-order valence-corrected chi connectivity index (χ0v) is 9.22. The number of hydrogen-bond donors (Lipinski definition) is 1. The summed E-state index contributed by atoms with van der Waals surface area (Å²) in [5.74, 6) is -0.823. The number of halogens is 1. The summed E-state index contributed by atoms with van der Waals surface area (Å²) >= 11 is 3.26. The number of rotatable bonds is 2. The normalized spacial score (nSPS) is 10.5. The lowest BCUT2D eigenvalue weighted by Gasteiger charge is -2.01. The van der Waals surface area contributed by atoms with E-state index in [0.29, 0.717) is 15.9 Å². The SMILES string of the molecule is COc1cc2nc(C(=O)O)nn2cc1Br. The van der Waals surface area contributed by atoms with Crippen LogP contribution in [0.15, 0.2) is 16.7 Å². The van der Waals surface area contributed by atoms with Crippen LogP contribution in [0, 0.1) is 0 Å². The second-order valence-corrected chi connectivity index (χ2v) is 3.59. The van der Waals surface area contributed by atoms with Crippen molar-refractivity contribution < 1.29 is 14.6 Å². The monoisotopic (exact) mass is 271 g/mol. The van der Waals surface area contributed by atoms with Crippen LogP contribution in [-0.4, -0.2) is 32.8 Å². The van der Waals surface area contributed by atoms with E-state index in [1.807, 2.05) is 0 Å². The molecule has 0 atom stereocenters. The van der Waals surface area contributed by atoms with Crippen molar-refractivity contribution in [3.05, 3.63) is 22.6 Å². The number of carboxylic acids is 1. The number of pyridine rings is 1. The number of ether oxygens (including phenoxy) is 1. The summed E-state index contributed by atoms with van der Waals surface area (Å²) in [7, 11) is 1.52. The van der Waals surface area contributed by atoms with E-state index in [9.17, 15) is 4.79 Å². The summed E-state index contributed by atoms with van der Waals surface area (Å²) in [6, 6.07) is 1.60. The van der Waals surface area contributed by atoms with Gasteiger partial charge in [0.05, 0.1) is 11.6 Å². The van der Waals surface area contributed by atoms with Gasteiger partial charge in [0, 0.05) is 12.3 Å². The van der Waals surface area contributed by atoms with Gasteiger partial charge in [-0.3, -0.25) is 0 Å². The fourth-order valence-corrected chi connectivity index (χ4v) is 1.60. The van der Waals surface area contributed by atoms with E-state index in [1.54, 1.807) is 12.3 Å². The Kier molecular flexibility index (Phi) is 2.31. The summed E-state index contributed by atoms with van der Waals surface area (Å²) < 4.78 is 7.10. The molecule has 0 aliphatic heterocycles. The molecular formula is C8H6BrN3O3. The third-order valence-electron chi connectivity index (χ3n) is 1.80. The fraction of sp³-hybridized carbons (Fsp3) is 0.125. The molecule has 0 aliphatic rings. The number of fused-ring (bicyclic) bond motifs is 1. The molecule has 0 amide bonds. The van der Waals surface area contributed by atoms with Gasteiger partial charge in [0.15, 0.2) is 5.65 Å². The number of aromatic carboxylic acids is 1. The average Bonchev–Trinajstić information content (AvgIpc) is 2.59. The van der Waals surface area contributed by atoms with Crippen LogP contribution >= 0.6 is 15.9 Å². The molecule has 2 aromatic heterocycles. The molecule has 0 fully saturated rings. The number of methoxy groups -OCH3 is 1. The van der Waals surface area contributed by atoms with E-state index >= 15 is 0 Å². The highest BCUT2D eigenvalue weighted by molar-refractivity contribution is 9.10. The van der Waals surface area contributed by atoms with Crippen molar-refractivity contribution in [2.75, 3.05) is 7.11 Å². The predicted octanol–water partition coefficient (Wildman–Crippen LogP) is 1.20. The predicted molar refractivity (Wildman–Crippen MR) is 54.2 cm³/mol. The minimum absolute atomic E-state index is 0.241. The maximum absolute atomic E-state index is 10.6. The van der Waals surface area contributed by atoms with Crippen molar-refractivity contribution in [1.29, 1.82) is 0 Å². The summed E-state index contributed by atoms with van der Waals surface area (Å²) in [5.41, 5.74) is 0.424. The third kappa shape index (κ3) is 1.65. The molecule has 0 unspecified atom stereocenters. The van der Waals surface area contributed by atoms with Crippen molar-refractivity contribution >= 4 is 27.5 Å². The van der Waals surface area contributed by atoms with Crippen LogP contribution in [0.5, 0.6) is 5.75 Å². The lowest BCUT2D eigenvalue weighted by molar-refractivity contribution is 0.0684. The minimum Gasteiger partial charge on any atom is -0.495 e. The summed E-state index contributed by atoms with van der Waals surface area (Å²) in [5, 5.41) is 12.5. The van der Waals surface area contributed by atoms with Gasteiger partial charge in [-0.05, 0) is 15.9 Å². The fourth-order valence-electron chi connectivity index (χ4n) is 1.13. The van der Waals surface area contributed by atoms with Crippen molar-refractivity contribution in [1.82, 2.24) is 14.6 Å². The Morgan fingerprint density at radius 2 is 2.40 bits per heavy atom. The van der Waals surface area contributed by atoms with E-state index in [0.717, 1.165) is 0 Å². The van der Waals surface area contributed by atoms with Crippen LogP contribution in [0.25, 0.3) is 5.65 Å². The molecule has 0 aromatic carbocycles. The first-order valence-corrected chi connectivity index (χ1v) is 4.74. The van der Waals surface area contributed by atoms with Gasteiger partial charge in [-0.15, -0.1) is 5.10 Å². The Morgan fingerprint density at radius 3 is 3.00 bits per heavy atom. The summed E-state index contributed by atoms with van der Waals surface area (Å²) in [6.45, 7) is 0. The Hall–Kier alpha value is -1.63. The first kappa shape index (κ1) is 9.91. The molecule has 2 heterocycles. The molecule has 0 saturated carbocycles. The van der Waals surface area contributed by atoms with E-state index in [2.05, 4.69) is 26.0 Å². The second-order valence-electron chi connectivity index (χ2n) is 2.73. The van der Waals surface area contributed by atoms with Crippen LogP contribution in [0.2, 0.25) is 0 Å². The molecule has 0 bridgehead atoms. The van der Waals surface area contributed by atoms with Crippen LogP contribution in [0.1, 0.15) is 10.6 Å². The molecule has 7 heteroatoms. The molecule has 78 valence electrons. The lowest BCUT2D eigenvalue weighted by Crippen LogP contribution is -1.99. The van der Waals surface area contributed by atoms with Crippen molar-refractivity contribution in [3.8, 4) is 5.75 Å². The number of carboxylic acid groups (broad SMARTS) is 1. The second kappa shape index (κ2) is 3.50. The number of carbonyl (C=O) groups is 1. The van der Waals surface area contributed by atoms with Crippen molar-refractivity contribution in [3.63, 3.8) is 0 Å². The van der Waals surface area contributed by atoms with Gasteiger partial charge in [0.1, 0.15) is 5.75 Å². The maximum Gasteiger partial charge on any atom is 0.375 e. The highest BCUT2D eigenvalue weighted by atomic mass is 79.9. The molecule has 2 rings (SSSR count). The van der Waals surface area contributed by atoms with Crippen molar-refractivity contribution in [2.45, 2.75) is 0 Å². The quantitative estimate of drug-likeness (QED) is 0.888. The van der Waals surface area contributed by atoms with E-state index in [4.69, 9.17) is 9.84 Å². The zero-order chi connectivity index (χ0) is 11.0. The zero-order valence-electron chi connectivity index (χ0n) is 7.64. The van der Waals surface area contributed by atoms with Crippen LogP contribution in [-0.2, 0) is 0 Å². The smallest absolute Gasteiger partial charge is 0.375 e. The minimum atomic E-state index is -1.16. The van der Waals surface area contributed by atoms with Crippen LogP contribution < -0.4 is 4.74 Å². The van der Waals surface area contributed by atoms with Crippen LogP contribution in [0.3, 0.4) is 0 Å². The molecule has 2 aromatic rings. The standard InChI is InChI=1S/C8H6BrN3O3/c1-15-5-2-6-10-7(8(13)14)11-12(6)3-4(5)9/h2-3H,1H3,(H,13,14). The Balaban J connectivity index is 2.66. The van der Waals surface area contributed by atoms with Gasteiger partial charge in [-0.25, -0.2) is 14.3 Å². The molecular weight excluding hydrogens is 266 g/mol. The largest absolute Gasteiger partial charge is 0.495 e. The van der Waals surface area contributed by atoms with E-state index in [1.165, 1.54) is 11.6 Å². The van der Waals surface area contributed by atoms with Gasteiger partial charge < -0.3 is 9.84 Å². The molecule has 15 heavy (non-hydrogen) atoms. The lowest BCUT2D eigenvalue weighted by atomic mass is 10.4. The topological polar surface area (TPSA) is 76.7 Å². The van der Waals surface area contributed by atoms with E-state index in [-0.39, 0.29) is 5.82 Å². The Labute approximate surface area is 92.6 Å². The first-order valence-electron chi connectivity index (χ1n) is 3.95. The highest BCUT2D eigenvalue weighted by Crippen LogP contribution is 2.25. The summed E-state index contributed by atoms with van der Waals surface area (Å²) in [6.07, 6.45) is 1.59. The van der Waals surface area contributed by atoms with E-state index < -0.39 is 5.97 Å². The van der Waals surface area contributed by atoms with Gasteiger partial charge in [0.25, 0.3) is 5.82 Å². The molecule has 0 radical (unpaired) electrons. The Morgan fingerprint density at radius 1 is 1.67 bits per heavy atom. The number of nitrogens with zero attached hydrogens (tertiary/aromatic N) is 3. The van der Waals surface area contributed by atoms with Gasteiger partial charge >= 0.3 is 5.97 Å². The highest BCUT2D eigenvalue weighted by Gasteiger charge is 2.12. The molecule has 0 saturated heterocycles. The average molecular weight is 272 g/mol. The molecule has 6 nitrogen and oxygen atoms in total. The molecule has 0 spiro atoms. The summed E-state index contributed by atoms with van der Waals surface area (Å²) in [4.78, 5) is 14.4. The maximum atomic E-state index is 10.6. The van der Waals surface area contributed by atoms with Gasteiger partial charge in [-0.1, -0.05) is 0 Å². The Bertz CT molecular complexity index is 537. The first-order chi connectivity index (χ1) is 7.11.